The predicted molar refractivity (Wildman–Crippen MR) is 85.2 cm³/mol. The predicted octanol–water partition coefficient (Wildman–Crippen LogP) is 4.45. The van der Waals surface area contributed by atoms with Crippen LogP contribution < -0.4 is 10.9 Å². The summed E-state index contributed by atoms with van der Waals surface area (Å²) in [5.41, 5.74) is 3.65. The lowest BCUT2D eigenvalue weighted by atomic mass is 9.99. The first-order valence-electron chi connectivity index (χ1n) is 7.22. The van der Waals surface area contributed by atoms with Crippen LogP contribution in [0.1, 0.15) is 45.1 Å². The molecule has 0 aliphatic rings. The second-order valence-corrected chi connectivity index (χ2v) is 5.77. The first kappa shape index (κ1) is 15.8. The van der Waals surface area contributed by atoms with Gasteiger partial charge in [0.25, 0.3) is 0 Å². The zero-order valence-corrected chi connectivity index (χ0v) is 12.7. The van der Waals surface area contributed by atoms with Crippen molar-refractivity contribution >= 4 is 5.69 Å². The van der Waals surface area contributed by atoms with Gasteiger partial charge in [-0.2, -0.15) is 0 Å². The minimum Gasteiger partial charge on any atom is -0.311 e. The van der Waals surface area contributed by atoms with Crippen LogP contribution in [-0.4, -0.2) is 6.54 Å². The highest BCUT2D eigenvalue weighted by molar-refractivity contribution is 5.45. The Balaban J connectivity index is 2.27. The van der Waals surface area contributed by atoms with Crippen molar-refractivity contribution in [3.8, 4) is 0 Å². The summed E-state index contributed by atoms with van der Waals surface area (Å²) < 4.78 is 0. The SMILES string of the molecule is C=C(C)CCC[C@H](C)CCN(N)c1ccc(C)cc1. The van der Waals surface area contributed by atoms with Crippen molar-refractivity contribution in [1.29, 1.82) is 0 Å². The third-order valence-electron chi connectivity index (χ3n) is 3.53. The Hall–Kier alpha value is -1.28. The number of nitrogens with zero attached hydrogens (tertiary/aromatic N) is 1. The second kappa shape index (κ2) is 8.00. The molecule has 0 fully saturated rings. The summed E-state index contributed by atoms with van der Waals surface area (Å²) in [5.74, 6) is 6.81. The van der Waals surface area contributed by atoms with E-state index < -0.39 is 0 Å². The first-order chi connectivity index (χ1) is 8.99. The van der Waals surface area contributed by atoms with Gasteiger partial charge in [0, 0.05) is 6.54 Å². The maximum atomic E-state index is 6.09. The van der Waals surface area contributed by atoms with E-state index in [0.717, 1.165) is 31.0 Å². The number of anilines is 1. The van der Waals surface area contributed by atoms with Gasteiger partial charge in [-0.15, -0.1) is 6.58 Å². The lowest BCUT2D eigenvalue weighted by Gasteiger charge is -2.21. The smallest absolute Gasteiger partial charge is 0.0517 e. The number of hydrogen-bond donors (Lipinski definition) is 1. The van der Waals surface area contributed by atoms with Gasteiger partial charge in [0.1, 0.15) is 0 Å². The summed E-state index contributed by atoms with van der Waals surface area (Å²) in [5, 5.41) is 1.86. The number of aryl methyl sites for hydroxylation is 1. The van der Waals surface area contributed by atoms with E-state index in [2.05, 4.69) is 51.6 Å². The molecule has 0 aliphatic carbocycles. The molecule has 1 rings (SSSR count). The van der Waals surface area contributed by atoms with E-state index in [1.807, 2.05) is 5.01 Å². The molecule has 19 heavy (non-hydrogen) atoms. The van der Waals surface area contributed by atoms with Crippen molar-refractivity contribution in [1.82, 2.24) is 0 Å². The molecule has 2 heteroatoms. The highest BCUT2D eigenvalue weighted by atomic mass is 15.4. The molecule has 1 atom stereocenters. The zero-order valence-electron chi connectivity index (χ0n) is 12.7. The topological polar surface area (TPSA) is 29.3 Å². The molecule has 0 saturated heterocycles. The Morgan fingerprint density at radius 3 is 2.47 bits per heavy atom. The zero-order chi connectivity index (χ0) is 14.3. The van der Waals surface area contributed by atoms with Crippen LogP contribution in [0.25, 0.3) is 0 Å². The van der Waals surface area contributed by atoms with Crippen molar-refractivity contribution in [2.24, 2.45) is 11.8 Å². The first-order valence-corrected chi connectivity index (χ1v) is 7.22. The van der Waals surface area contributed by atoms with Gasteiger partial charge in [0.15, 0.2) is 0 Å². The maximum absolute atomic E-state index is 6.09. The van der Waals surface area contributed by atoms with Gasteiger partial charge >= 0.3 is 0 Å². The van der Waals surface area contributed by atoms with Crippen LogP contribution in [-0.2, 0) is 0 Å². The summed E-state index contributed by atoms with van der Waals surface area (Å²) in [6.45, 7) is 11.4. The molecule has 0 bridgehead atoms. The van der Waals surface area contributed by atoms with Crippen molar-refractivity contribution in [2.75, 3.05) is 11.6 Å². The van der Waals surface area contributed by atoms with E-state index in [-0.39, 0.29) is 0 Å². The molecular formula is C17H28N2. The molecule has 0 saturated carbocycles. The number of benzene rings is 1. The Morgan fingerprint density at radius 1 is 1.26 bits per heavy atom. The summed E-state index contributed by atoms with van der Waals surface area (Å²) in [6, 6.07) is 8.37. The average Bonchev–Trinajstić information content (AvgIpc) is 2.36. The fourth-order valence-corrected chi connectivity index (χ4v) is 2.12. The third kappa shape index (κ3) is 6.44. The van der Waals surface area contributed by atoms with E-state index in [4.69, 9.17) is 5.84 Å². The van der Waals surface area contributed by atoms with Gasteiger partial charge < -0.3 is 5.01 Å². The molecule has 0 radical (unpaired) electrons. The average molecular weight is 260 g/mol. The summed E-state index contributed by atoms with van der Waals surface area (Å²) in [7, 11) is 0. The number of hydrazine groups is 1. The maximum Gasteiger partial charge on any atom is 0.0517 e. The van der Waals surface area contributed by atoms with Gasteiger partial charge in [-0.1, -0.05) is 36.6 Å². The monoisotopic (exact) mass is 260 g/mol. The van der Waals surface area contributed by atoms with Gasteiger partial charge in [-0.3, -0.25) is 0 Å². The van der Waals surface area contributed by atoms with Crippen LogP contribution in [0.3, 0.4) is 0 Å². The Labute approximate surface area is 118 Å². The normalized spacial score (nSPS) is 12.2. The van der Waals surface area contributed by atoms with E-state index in [9.17, 15) is 0 Å². The standard InChI is InChI=1S/C17H28N2/c1-14(2)6-5-7-15(3)12-13-19(18)17-10-8-16(4)9-11-17/h8-11,15H,1,5-7,12-13,18H2,2-4H3/t15-/m0/s1. The van der Waals surface area contributed by atoms with E-state index in [1.165, 1.54) is 24.0 Å². The lowest BCUT2D eigenvalue weighted by molar-refractivity contribution is 0.473. The molecule has 2 N–H and O–H groups in total. The van der Waals surface area contributed by atoms with E-state index >= 15 is 0 Å². The van der Waals surface area contributed by atoms with Crippen LogP contribution in [0.4, 0.5) is 5.69 Å². The van der Waals surface area contributed by atoms with Crippen molar-refractivity contribution in [3.05, 3.63) is 42.0 Å². The van der Waals surface area contributed by atoms with Crippen LogP contribution in [0.15, 0.2) is 36.4 Å². The number of hydrogen-bond acceptors (Lipinski definition) is 2. The fourth-order valence-electron chi connectivity index (χ4n) is 2.12. The van der Waals surface area contributed by atoms with Gasteiger partial charge in [0.2, 0.25) is 0 Å². The molecule has 0 spiro atoms. The van der Waals surface area contributed by atoms with Crippen molar-refractivity contribution < 1.29 is 0 Å². The van der Waals surface area contributed by atoms with E-state index in [0.29, 0.717) is 0 Å². The quantitative estimate of drug-likeness (QED) is 0.425. The molecule has 0 aromatic heterocycles. The van der Waals surface area contributed by atoms with Crippen molar-refractivity contribution in [3.63, 3.8) is 0 Å². The molecule has 2 nitrogen and oxygen atoms in total. The Morgan fingerprint density at radius 2 is 1.89 bits per heavy atom. The molecule has 1 aromatic rings. The highest BCUT2D eigenvalue weighted by Crippen LogP contribution is 2.17. The summed E-state index contributed by atoms with van der Waals surface area (Å²) >= 11 is 0. The Kier molecular flexibility index (Phi) is 6.65. The largest absolute Gasteiger partial charge is 0.311 e. The van der Waals surface area contributed by atoms with Crippen LogP contribution in [0.2, 0.25) is 0 Å². The molecule has 1 aromatic carbocycles. The highest BCUT2D eigenvalue weighted by Gasteiger charge is 2.06. The molecular weight excluding hydrogens is 232 g/mol. The van der Waals surface area contributed by atoms with Gasteiger partial charge in [-0.25, -0.2) is 5.84 Å². The van der Waals surface area contributed by atoms with Crippen LogP contribution >= 0.6 is 0 Å². The second-order valence-electron chi connectivity index (χ2n) is 5.77. The summed E-state index contributed by atoms with van der Waals surface area (Å²) in [4.78, 5) is 0. The van der Waals surface area contributed by atoms with E-state index in [1.54, 1.807) is 0 Å². The number of allylic oxidation sites excluding steroid dienone is 1. The minimum atomic E-state index is 0.718. The van der Waals surface area contributed by atoms with Gasteiger partial charge in [0.05, 0.1) is 5.69 Å². The minimum absolute atomic E-state index is 0.718. The number of rotatable bonds is 8. The van der Waals surface area contributed by atoms with Crippen molar-refractivity contribution in [2.45, 2.75) is 46.5 Å². The van der Waals surface area contributed by atoms with Gasteiger partial charge in [-0.05, 0) is 51.2 Å². The molecule has 0 heterocycles. The molecule has 0 amide bonds. The Bertz CT molecular complexity index is 381. The molecule has 0 unspecified atom stereocenters. The fraction of sp³-hybridized carbons (Fsp3) is 0.529. The van der Waals surface area contributed by atoms with Crippen LogP contribution in [0, 0.1) is 12.8 Å². The number of nitrogens with two attached hydrogens (primary N) is 1. The molecule has 0 aliphatic heterocycles. The van der Waals surface area contributed by atoms with Crippen LogP contribution in [0.5, 0.6) is 0 Å². The lowest BCUT2D eigenvalue weighted by Crippen LogP contribution is -2.32. The summed E-state index contributed by atoms with van der Waals surface area (Å²) in [6.07, 6.45) is 4.79. The molecule has 106 valence electrons. The third-order valence-corrected chi connectivity index (χ3v) is 3.53.